The van der Waals surface area contributed by atoms with E-state index in [-0.39, 0.29) is 11.9 Å². The number of nitrogens with zero attached hydrogens (tertiary/aromatic N) is 4. The summed E-state index contributed by atoms with van der Waals surface area (Å²) >= 11 is 0. The number of carbonyl (C=O) groups is 1. The monoisotopic (exact) mass is 340 g/mol. The van der Waals surface area contributed by atoms with Crippen molar-refractivity contribution in [2.75, 3.05) is 13.1 Å². The number of nitrogens with one attached hydrogen (secondary N) is 2. The molecule has 0 spiro atoms. The van der Waals surface area contributed by atoms with Gasteiger partial charge in [0.15, 0.2) is 0 Å². The molecular formula is C18H24N6O. The van der Waals surface area contributed by atoms with Gasteiger partial charge in [-0.15, -0.1) is 0 Å². The largest absolute Gasteiger partial charge is 0.332 e. The van der Waals surface area contributed by atoms with Crippen LogP contribution in [0.25, 0.3) is 0 Å². The van der Waals surface area contributed by atoms with Crippen LogP contribution in [0.1, 0.15) is 71.9 Å². The summed E-state index contributed by atoms with van der Waals surface area (Å²) < 4.78 is 0. The first-order chi connectivity index (χ1) is 12.1. The van der Waals surface area contributed by atoms with E-state index in [1.165, 1.54) is 6.42 Å². The van der Waals surface area contributed by atoms with E-state index in [4.69, 9.17) is 4.98 Å². The van der Waals surface area contributed by atoms with Gasteiger partial charge in [-0.05, 0) is 31.4 Å². The number of H-pyrrole nitrogens is 1. The minimum absolute atomic E-state index is 0.0321. The Morgan fingerprint density at radius 3 is 3.00 bits per heavy atom. The van der Waals surface area contributed by atoms with Crippen LogP contribution >= 0.6 is 0 Å². The number of carbonyl (C=O) groups excluding carboxylic acids is 1. The molecule has 0 aliphatic carbocycles. The summed E-state index contributed by atoms with van der Waals surface area (Å²) in [6, 6.07) is 2.14. The zero-order chi connectivity index (χ0) is 17.4. The first-order valence-electron chi connectivity index (χ1n) is 9.04. The molecule has 4 heterocycles. The summed E-state index contributed by atoms with van der Waals surface area (Å²) in [5.41, 5.74) is 3.59. The Morgan fingerprint density at radius 2 is 2.28 bits per heavy atom. The smallest absolute Gasteiger partial charge is 0.274 e. The van der Waals surface area contributed by atoms with Crippen LogP contribution in [0.15, 0.2) is 12.3 Å². The van der Waals surface area contributed by atoms with E-state index in [9.17, 15) is 4.79 Å². The third-order valence-electron chi connectivity index (χ3n) is 5.05. The van der Waals surface area contributed by atoms with Gasteiger partial charge < -0.3 is 10.2 Å². The molecule has 1 amide bonds. The SMILES string of the molecule is CC(C)c1cc(C(=O)N2CCc3nc(C4CCCN4)ncc3C2)n[nH]1. The molecule has 0 bridgehead atoms. The second-order valence-corrected chi connectivity index (χ2v) is 7.19. The van der Waals surface area contributed by atoms with Crippen molar-refractivity contribution in [1.82, 2.24) is 30.4 Å². The van der Waals surface area contributed by atoms with E-state index in [0.717, 1.165) is 42.2 Å². The van der Waals surface area contributed by atoms with Gasteiger partial charge in [0.1, 0.15) is 11.5 Å². The molecule has 2 N–H and O–H groups in total. The fraction of sp³-hybridized carbons (Fsp3) is 0.556. The van der Waals surface area contributed by atoms with Crippen molar-refractivity contribution in [3.05, 3.63) is 40.7 Å². The van der Waals surface area contributed by atoms with E-state index in [2.05, 4.69) is 34.3 Å². The van der Waals surface area contributed by atoms with Crippen LogP contribution in [-0.2, 0) is 13.0 Å². The topological polar surface area (TPSA) is 86.8 Å². The molecule has 132 valence electrons. The number of aromatic amines is 1. The Balaban J connectivity index is 1.49. The molecule has 2 aliphatic heterocycles. The van der Waals surface area contributed by atoms with Crippen molar-refractivity contribution in [2.45, 2.75) is 51.6 Å². The lowest BCUT2D eigenvalue weighted by molar-refractivity contribution is 0.0727. The number of aromatic nitrogens is 4. The van der Waals surface area contributed by atoms with Crippen molar-refractivity contribution in [2.24, 2.45) is 0 Å². The standard InChI is InChI=1S/C18H24N6O/c1-11(2)15-8-16(23-22-15)18(25)24-7-5-13-12(10-24)9-20-17(21-13)14-4-3-6-19-14/h8-9,11,14,19H,3-7,10H2,1-2H3,(H,22,23). The molecule has 0 radical (unpaired) electrons. The second-order valence-electron chi connectivity index (χ2n) is 7.19. The Morgan fingerprint density at radius 1 is 1.40 bits per heavy atom. The fourth-order valence-corrected chi connectivity index (χ4v) is 3.48. The maximum atomic E-state index is 12.7. The molecule has 1 unspecified atom stereocenters. The van der Waals surface area contributed by atoms with Crippen LogP contribution in [0.4, 0.5) is 0 Å². The van der Waals surface area contributed by atoms with Crippen molar-refractivity contribution in [1.29, 1.82) is 0 Å². The highest BCUT2D eigenvalue weighted by Crippen LogP contribution is 2.24. The normalized spacial score (nSPS) is 20.1. The average molecular weight is 340 g/mol. The number of hydrogen-bond donors (Lipinski definition) is 2. The van der Waals surface area contributed by atoms with Gasteiger partial charge in [-0.25, -0.2) is 9.97 Å². The summed E-state index contributed by atoms with van der Waals surface area (Å²) in [5.74, 6) is 1.19. The molecule has 7 heteroatoms. The molecular weight excluding hydrogens is 316 g/mol. The maximum absolute atomic E-state index is 12.7. The quantitative estimate of drug-likeness (QED) is 0.892. The zero-order valence-corrected chi connectivity index (χ0v) is 14.7. The van der Waals surface area contributed by atoms with Gasteiger partial charge in [0.25, 0.3) is 5.91 Å². The molecule has 4 rings (SSSR count). The van der Waals surface area contributed by atoms with Crippen LogP contribution < -0.4 is 5.32 Å². The molecule has 2 aromatic rings. The van der Waals surface area contributed by atoms with Gasteiger partial charge in [-0.3, -0.25) is 9.89 Å². The third-order valence-corrected chi connectivity index (χ3v) is 5.05. The highest BCUT2D eigenvalue weighted by Gasteiger charge is 2.26. The van der Waals surface area contributed by atoms with Crippen LogP contribution in [-0.4, -0.2) is 44.1 Å². The van der Waals surface area contributed by atoms with E-state index >= 15 is 0 Å². The van der Waals surface area contributed by atoms with Crippen molar-refractivity contribution in [3.8, 4) is 0 Å². The first kappa shape index (κ1) is 16.2. The molecule has 7 nitrogen and oxygen atoms in total. The molecule has 2 aromatic heterocycles. The molecule has 1 atom stereocenters. The summed E-state index contributed by atoms with van der Waals surface area (Å²) in [6.45, 7) is 6.41. The van der Waals surface area contributed by atoms with E-state index in [1.54, 1.807) is 0 Å². The second kappa shape index (κ2) is 6.55. The minimum Gasteiger partial charge on any atom is -0.332 e. The summed E-state index contributed by atoms with van der Waals surface area (Å²) in [5, 5.41) is 10.6. The molecule has 2 aliphatic rings. The lowest BCUT2D eigenvalue weighted by atomic mass is 10.1. The summed E-state index contributed by atoms with van der Waals surface area (Å²) in [7, 11) is 0. The number of rotatable bonds is 3. The fourth-order valence-electron chi connectivity index (χ4n) is 3.48. The lowest BCUT2D eigenvalue weighted by Crippen LogP contribution is -2.37. The van der Waals surface area contributed by atoms with Gasteiger partial charge in [0.05, 0.1) is 11.7 Å². The van der Waals surface area contributed by atoms with E-state index in [1.807, 2.05) is 17.2 Å². The van der Waals surface area contributed by atoms with Crippen LogP contribution in [0.3, 0.4) is 0 Å². The van der Waals surface area contributed by atoms with Crippen LogP contribution in [0, 0.1) is 0 Å². The van der Waals surface area contributed by atoms with E-state index in [0.29, 0.717) is 24.7 Å². The molecule has 25 heavy (non-hydrogen) atoms. The highest BCUT2D eigenvalue weighted by atomic mass is 16.2. The number of hydrogen-bond acceptors (Lipinski definition) is 5. The summed E-state index contributed by atoms with van der Waals surface area (Å²) in [6.07, 6.45) is 4.93. The van der Waals surface area contributed by atoms with Crippen molar-refractivity contribution in [3.63, 3.8) is 0 Å². The van der Waals surface area contributed by atoms with Gasteiger partial charge in [0.2, 0.25) is 0 Å². The predicted molar refractivity (Wildman–Crippen MR) is 93.1 cm³/mol. The zero-order valence-electron chi connectivity index (χ0n) is 14.7. The van der Waals surface area contributed by atoms with Crippen molar-refractivity contribution >= 4 is 5.91 Å². The molecule has 1 saturated heterocycles. The van der Waals surface area contributed by atoms with Gasteiger partial charge >= 0.3 is 0 Å². The Kier molecular flexibility index (Phi) is 4.25. The predicted octanol–water partition coefficient (Wildman–Crippen LogP) is 1.95. The van der Waals surface area contributed by atoms with Crippen LogP contribution in [0.5, 0.6) is 0 Å². The minimum atomic E-state index is -0.0321. The number of fused-ring (bicyclic) bond motifs is 1. The molecule has 1 fully saturated rings. The summed E-state index contributed by atoms with van der Waals surface area (Å²) in [4.78, 5) is 23.8. The Hall–Kier alpha value is -2.28. The molecule has 0 aromatic carbocycles. The first-order valence-corrected chi connectivity index (χ1v) is 9.04. The van der Waals surface area contributed by atoms with E-state index < -0.39 is 0 Å². The Bertz CT molecular complexity index is 778. The van der Waals surface area contributed by atoms with Gasteiger partial charge in [-0.1, -0.05) is 13.8 Å². The average Bonchev–Trinajstić information content (AvgIpc) is 3.32. The molecule has 0 saturated carbocycles. The van der Waals surface area contributed by atoms with Gasteiger partial charge in [0, 0.05) is 37.0 Å². The number of amides is 1. The Labute approximate surface area is 147 Å². The highest BCUT2D eigenvalue weighted by molar-refractivity contribution is 5.92. The van der Waals surface area contributed by atoms with Gasteiger partial charge in [-0.2, -0.15) is 5.10 Å². The van der Waals surface area contributed by atoms with Crippen molar-refractivity contribution < 1.29 is 4.79 Å². The third kappa shape index (κ3) is 3.16. The van der Waals surface area contributed by atoms with Crippen LogP contribution in [0.2, 0.25) is 0 Å². The maximum Gasteiger partial charge on any atom is 0.274 e. The lowest BCUT2D eigenvalue weighted by Gasteiger charge is -2.28.